The molecule has 0 spiro atoms. The molecule has 0 N–H and O–H groups in total. The van der Waals surface area contributed by atoms with Crippen LogP contribution in [0.3, 0.4) is 0 Å². The third kappa shape index (κ3) is 4.31. The maximum absolute atomic E-state index is 9.70. The summed E-state index contributed by atoms with van der Waals surface area (Å²) in [6.07, 6.45) is 5.56. The fourth-order valence-corrected chi connectivity index (χ4v) is 3.25. The molecule has 2 aromatic heterocycles. The topological polar surface area (TPSA) is 54.5 Å². The van der Waals surface area contributed by atoms with Crippen LogP contribution in [0.2, 0.25) is 0 Å². The number of aryl methyl sites for hydroxylation is 1. The molecule has 2 aromatic carbocycles. The van der Waals surface area contributed by atoms with E-state index in [4.69, 9.17) is 5.10 Å². The molecule has 0 saturated carbocycles. The average Bonchev–Trinajstić information content (AvgIpc) is 3.15. The standard InChI is InChI=1S/C25H20N4/c1-19-8-7-11-21(14-19)25-23(15-22(16-26)24-12-5-6-13-27-24)18-29(28-25)17-20-9-3-2-4-10-20/h2-15,18H,17H2,1H3/b22-15+. The summed E-state index contributed by atoms with van der Waals surface area (Å²) in [6, 6.07) is 26.3. The predicted molar refractivity (Wildman–Crippen MR) is 116 cm³/mol. The minimum Gasteiger partial charge on any atom is -0.267 e. The largest absolute Gasteiger partial charge is 0.267 e. The van der Waals surface area contributed by atoms with Gasteiger partial charge in [-0.3, -0.25) is 9.67 Å². The summed E-state index contributed by atoms with van der Waals surface area (Å²) in [6.45, 7) is 2.73. The van der Waals surface area contributed by atoms with Crippen LogP contribution < -0.4 is 0 Å². The number of pyridine rings is 1. The molecule has 0 aliphatic rings. The van der Waals surface area contributed by atoms with Gasteiger partial charge < -0.3 is 0 Å². The molecule has 0 fully saturated rings. The first-order valence-corrected chi connectivity index (χ1v) is 9.44. The van der Waals surface area contributed by atoms with Gasteiger partial charge in [-0.25, -0.2) is 0 Å². The maximum atomic E-state index is 9.70. The highest BCUT2D eigenvalue weighted by Crippen LogP contribution is 2.27. The van der Waals surface area contributed by atoms with E-state index in [1.54, 1.807) is 6.20 Å². The Kier molecular flexibility index (Phi) is 5.31. The van der Waals surface area contributed by atoms with Crippen LogP contribution in [0.25, 0.3) is 22.9 Å². The summed E-state index contributed by atoms with van der Waals surface area (Å²) in [5, 5.41) is 14.5. The smallest absolute Gasteiger partial charge is 0.101 e. The van der Waals surface area contributed by atoms with Crippen LogP contribution in [0.4, 0.5) is 0 Å². The molecular formula is C25H20N4. The molecule has 140 valence electrons. The Morgan fingerprint density at radius 1 is 1.03 bits per heavy atom. The van der Waals surface area contributed by atoms with Crippen LogP contribution in [0, 0.1) is 18.3 Å². The Morgan fingerprint density at radius 3 is 2.59 bits per heavy atom. The zero-order valence-electron chi connectivity index (χ0n) is 16.2. The number of allylic oxidation sites excluding steroid dienone is 1. The van der Waals surface area contributed by atoms with E-state index >= 15 is 0 Å². The number of aromatic nitrogens is 3. The van der Waals surface area contributed by atoms with Crippen molar-refractivity contribution in [3.05, 3.63) is 108 Å². The molecule has 0 amide bonds. The Bertz CT molecular complexity index is 1180. The highest BCUT2D eigenvalue weighted by atomic mass is 15.3. The zero-order valence-corrected chi connectivity index (χ0v) is 16.2. The number of benzene rings is 2. The van der Waals surface area contributed by atoms with E-state index in [1.165, 1.54) is 11.1 Å². The van der Waals surface area contributed by atoms with E-state index in [2.05, 4.69) is 42.2 Å². The van der Waals surface area contributed by atoms with Crippen molar-refractivity contribution in [3.63, 3.8) is 0 Å². The summed E-state index contributed by atoms with van der Waals surface area (Å²) in [4.78, 5) is 4.32. The molecule has 4 heteroatoms. The predicted octanol–water partition coefficient (Wildman–Crippen LogP) is 5.37. The first kappa shape index (κ1) is 18.4. The van der Waals surface area contributed by atoms with Gasteiger partial charge in [0.05, 0.1) is 23.5 Å². The van der Waals surface area contributed by atoms with E-state index in [-0.39, 0.29) is 0 Å². The van der Waals surface area contributed by atoms with E-state index in [1.807, 2.05) is 65.5 Å². The number of nitriles is 1. The van der Waals surface area contributed by atoms with Crippen molar-refractivity contribution in [1.29, 1.82) is 5.26 Å². The molecular weight excluding hydrogens is 356 g/mol. The first-order chi connectivity index (χ1) is 14.2. The molecule has 4 nitrogen and oxygen atoms in total. The lowest BCUT2D eigenvalue weighted by Gasteiger charge is -2.02. The van der Waals surface area contributed by atoms with Crippen LogP contribution in [0.1, 0.15) is 22.4 Å². The number of rotatable bonds is 5. The quantitative estimate of drug-likeness (QED) is 0.440. The molecule has 0 radical (unpaired) electrons. The van der Waals surface area contributed by atoms with Gasteiger partial charge in [0.15, 0.2) is 0 Å². The van der Waals surface area contributed by atoms with Gasteiger partial charge >= 0.3 is 0 Å². The fourth-order valence-electron chi connectivity index (χ4n) is 3.25. The van der Waals surface area contributed by atoms with Gasteiger partial charge in [0, 0.05) is 23.5 Å². The summed E-state index contributed by atoms with van der Waals surface area (Å²) < 4.78 is 1.92. The second-order valence-corrected chi connectivity index (χ2v) is 6.87. The summed E-state index contributed by atoms with van der Waals surface area (Å²) in [5.41, 5.74) is 6.29. The third-order valence-electron chi connectivity index (χ3n) is 4.63. The van der Waals surface area contributed by atoms with Crippen molar-refractivity contribution in [3.8, 4) is 17.3 Å². The van der Waals surface area contributed by atoms with Crippen molar-refractivity contribution >= 4 is 11.6 Å². The molecule has 0 aliphatic carbocycles. The molecule has 29 heavy (non-hydrogen) atoms. The van der Waals surface area contributed by atoms with Crippen LogP contribution in [0.5, 0.6) is 0 Å². The van der Waals surface area contributed by atoms with Crippen molar-refractivity contribution in [2.75, 3.05) is 0 Å². The number of nitrogens with zero attached hydrogens (tertiary/aromatic N) is 4. The van der Waals surface area contributed by atoms with Gasteiger partial charge in [-0.2, -0.15) is 10.4 Å². The second kappa shape index (κ2) is 8.37. The minimum atomic E-state index is 0.513. The van der Waals surface area contributed by atoms with Gasteiger partial charge in [-0.15, -0.1) is 0 Å². The molecule has 0 saturated heterocycles. The van der Waals surface area contributed by atoms with Crippen LogP contribution in [-0.2, 0) is 6.54 Å². The second-order valence-electron chi connectivity index (χ2n) is 6.87. The summed E-state index contributed by atoms with van der Waals surface area (Å²) in [7, 11) is 0. The van der Waals surface area contributed by atoms with Gasteiger partial charge in [0.1, 0.15) is 6.07 Å². The Balaban J connectivity index is 1.80. The first-order valence-electron chi connectivity index (χ1n) is 9.44. The van der Waals surface area contributed by atoms with Gasteiger partial charge in [-0.1, -0.05) is 60.2 Å². The average molecular weight is 376 g/mol. The van der Waals surface area contributed by atoms with Gasteiger partial charge in [0.25, 0.3) is 0 Å². The van der Waals surface area contributed by atoms with E-state index < -0.39 is 0 Å². The Labute approximate surface area is 170 Å². The highest BCUT2D eigenvalue weighted by molar-refractivity contribution is 5.91. The van der Waals surface area contributed by atoms with E-state index in [0.717, 1.165) is 16.8 Å². The molecule has 4 rings (SSSR count). The van der Waals surface area contributed by atoms with E-state index in [9.17, 15) is 5.26 Å². The molecule has 0 aliphatic heterocycles. The molecule has 0 bridgehead atoms. The van der Waals surface area contributed by atoms with Gasteiger partial charge in [0.2, 0.25) is 0 Å². The molecule has 2 heterocycles. The summed E-state index contributed by atoms with van der Waals surface area (Å²) in [5.74, 6) is 0. The summed E-state index contributed by atoms with van der Waals surface area (Å²) >= 11 is 0. The number of hydrogen-bond acceptors (Lipinski definition) is 3. The van der Waals surface area contributed by atoms with E-state index in [0.29, 0.717) is 17.8 Å². The zero-order chi connectivity index (χ0) is 20.1. The van der Waals surface area contributed by atoms with Crippen molar-refractivity contribution < 1.29 is 0 Å². The lowest BCUT2D eigenvalue weighted by atomic mass is 10.0. The molecule has 0 unspecified atom stereocenters. The van der Waals surface area contributed by atoms with Crippen molar-refractivity contribution in [2.24, 2.45) is 0 Å². The van der Waals surface area contributed by atoms with Crippen LogP contribution in [-0.4, -0.2) is 14.8 Å². The minimum absolute atomic E-state index is 0.513. The fraction of sp³-hybridized carbons (Fsp3) is 0.0800. The SMILES string of the molecule is Cc1cccc(-c2nn(Cc3ccccc3)cc2/C=C(\C#N)c2ccccn2)c1. The lowest BCUT2D eigenvalue weighted by molar-refractivity contribution is 0.689. The maximum Gasteiger partial charge on any atom is 0.101 e. The monoisotopic (exact) mass is 376 g/mol. The molecule has 4 aromatic rings. The number of hydrogen-bond donors (Lipinski definition) is 0. The highest BCUT2D eigenvalue weighted by Gasteiger charge is 2.12. The van der Waals surface area contributed by atoms with Crippen LogP contribution in [0.15, 0.2) is 85.2 Å². The Hall–Kier alpha value is -3.97. The van der Waals surface area contributed by atoms with Crippen LogP contribution >= 0.6 is 0 Å². The van der Waals surface area contributed by atoms with Crippen molar-refractivity contribution in [2.45, 2.75) is 13.5 Å². The normalized spacial score (nSPS) is 11.2. The molecule has 0 atom stereocenters. The lowest BCUT2D eigenvalue weighted by Crippen LogP contribution is -2.00. The van der Waals surface area contributed by atoms with Crippen molar-refractivity contribution in [1.82, 2.24) is 14.8 Å². The Morgan fingerprint density at radius 2 is 1.86 bits per heavy atom. The van der Waals surface area contributed by atoms with Gasteiger partial charge in [-0.05, 0) is 36.8 Å². The third-order valence-corrected chi connectivity index (χ3v) is 4.63.